The number of hydrogen-bond acceptors (Lipinski definition) is 4. The zero-order chi connectivity index (χ0) is 15.6. The lowest BCUT2D eigenvalue weighted by Gasteiger charge is -2.35. The number of hydrogen-bond donors (Lipinski definition) is 1. The highest BCUT2D eigenvalue weighted by molar-refractivity contribution is 7.89. The van der Waals surface area contributed by atoms with E-state index in [1.807, 2.05) is 14.0 Å². The molecule has 1 atom stereocenters. The van der Waals surface area contributed by atoms with E-state index in [1.54, 1.807) is 25.2 Å². The summed E-state index contributed by atoms with van der Waals surface area (Å²) in [6, 6.07) is 4.95. The monoisotopic (exact) mass is 312 g/mol. The molecule has 1 N–H and O–H groups in total. The fraction of sp³-hybridized carbons (Fsp3) is 0.600. The number of rotatable bonds is 4. The molecule has 21 heavy (non-hydrogen) atoms. The van der Waals surface area contributed by atoms with E-state index in [4.69, 9.17) is 0 Å². The highest BCUT2D eigenvalue weighted by atomic mass is 32.2. The Hall–Kier alpha value is -0.950. The van der Waals surface area contributed by atoms with E-state index in [2.05, 4.69) is 4.90 Å². The van der Waals surface area contributed by atoms with E-state index < -0.39 is 10.0 Å². The maximum atomic E-state index is 12.7. The van der Waals surface area contributed by atoms with E-state index in [1.165, 1.54) is 4.31 Å². The molecule has 0 radical (unpaired) electrons. The first-order chi connectivity index (χ1) is 9.86. The van der Waals surface area contributed by atoms with Gasteiger partial charge in [-0.3, -0.25) is 0 Å². The molecule has 0 amide bonds. The van der Waals surface area contributed by atoms with E-state index in [9.17, 15) is 13.5 Å². The zero-order valence-corrected chi connectivity index (χ0v) is 13.7. The van der Waals surface area contributed by atoms with Gasteiger partial charge in [0.15, 0.2) is 0 Å². The van der Waals surface area contributed by atoms with Gasteiger partial charge in [0, 0.05) is 19.6 Å². The van der Waals surface area contributed by atoms with Gasteiger partial charge in [-0.15, -0.1) is 0 Å². The fourth-order valence-corrected chi connectivity index (χ4v) is 4.21. The fourth-order valence-electron chi connectivity index (χ4n) is 2.78. The number of likely N-dealkylation sites (tertiary alicyclic amines) is 1. The largest absolute Gasteiger partial charge is 0.392 e. The molecule has 1 aromatic carbocycles. The molecule has 0 aliphatic carbocycles. The summed E-state index contributed by atoms with van der Waals surface area (Å²) in [7, 11) is 0.151. The smallest absolute Gasteiger partial charge is 0.243 e. The predicted octanol–water partition coefficient (Wildman–Crippen LogP) is 1.20. The van der Waals surface area contributed by atoms with Crippen LogP contribution in [0.3, 0.4) is 0 Å². The summed E-state index contributed by atoms with van der Waals surface area (Å²) in [5, 5.41) is 9.32. The van der Waals surface area contributed by atoms with Crippen LogP contribution in [0, 0.1) is 6.92 Å². The Balaban J connectivity index is 2.28. The topological polar surface area (TPSA) is 60.9 Å². The average Bonchev–Trinajstić information content (AvgIpc) is 2.46. The summed E-state index contributed by atoms with van der Waals surface area (Å²) in [6.45, 7) is 3.49. The minimum atomic E-state index is -3.52. The molecule has 1 heterocycles. The van der Waals surface area contributed by atoms with Crippen LogP contribution in [0.1, 0.15) is 24.0 Å². The molecule has 0 saturated carbocycles. The van der Waals surface area contributed by atoms with Crippen LogP contribution in [-0.4, -0.2) is 56.0 Å². The Morgan fingerprint density at radius 1 is 1.43 bits per heavy atom. The zero-order valence-electron chi connectivity index (χ0n) is 12.9. The van der Waals surface area contributed by atoms with Gasteiger partial charge >= 0.3 is 0 Å². The Morgan fingerprint density at radius 3 is 2.76 bits per heavy atom. The van der Waals surface area contributed by atoms with Gasteiger partial charge in [0.05, 0.1) is 11.5 Å². The van der Waals surface area contributed by atoms with Gasteiger partial charge in [0.2, 0.25) is 10.0 Å². The van der Waals surface area contributed by atoms with Crippen molar-refractivity contribution in [1.82, 2.24) is 9.21 Å². The van der Waals surface area contributed by atoms with Crippen molar-refractivity contribution in [3.05, 3.63) is 29.3 Å². The lowest BCUT2D eigenvalue weighted by atomic mass is 10.1. The van der Waals surface area contributed by atoms with Gasteiger partial charge in [-0.25, -0.2) is 8.42 Å². The van der Waals surface area contributed by atoms with Crippen molar-refractivity contribution in [1.29, 1.82) is 0 Å². The second-order valence-electron chi connectivity index (χ2n) is 5.83. The molecule has 1 aliphatic rings. The molecule has 5 nitrogen and oxygen atoms in total. The summed E-state index contributed by atoms with van der Waals surface area (Å²) in [5.74, 6) is 0. The lowest BCUT2D eigenvalue weighted by Crippen LogP contribution is -2.47. The van der Waals surface area contributed by atoms with Crippen molar-refractivity contribution < 1.29 is 13.5 Å². The molecule has 1 aromatic rings. The molecular formula is C15H24N2O3S. The summed E-state index contributed by atoms with van der Waals surface area (Å²) >= 11 is 0. The second-order valence-corrected chi connectivity index (χ2v) is 7.82. The lowest BCUT2D eigenvalue weighted by molar-refractivity contribution is 0.187. The second kappa shape index (κ2) is 6.44. The molecular weight excluding hydrogens is 288 g/mol. The quantitative estimate of drug-likeness (QED) is 0.907. The maximum absolute atomic E-state index is 12.7. The van der Waals surface area contributed by atoms with Gasteiger partial charge < -0.3 is 10.0 Å². The van der Waals surface area contributed by atoms with Crippen molar-refractivity contribution in [3.8, 4) is 0 Å². The molecule has 1 saturated heterocycles. The number of aliphatic hydroxyl groups excluding tert-OH is 1. The number of benzene rings is 1. The number of piperidine rings is 1. The number of sulfonamides is 1. The first-order valence-electron chi connectivity index (χ1n) is 7.23. The van der Waals surface area contributed by atoms with Crippen LogP contribution < -0.4 is 0 Å². The SMILES string of the molecule is Cc1ccc(S(=O)(=O)N(C)C2CCCN(C)C2)cc1CO. The Morgan fingerprint density at radius 2 is 2.14 bits per heavy atom. The van der Waals surface area contributed by atoms with Crippen LogP contribution in [0.15, 0.2) is 23.1 Å². The standard InChI is InChI=1S/C15H24N2O3S/c1-12-6-7-15(9-13(12)11-18)21(19,20)17(3)14-5-4-8-16(2)10-14/h6-7,9,14,18H,4-5,8,10-11H2,1-3H3. The molecule has 0 aromatic heterocycles. The maximum Gasteiger partial charge on any atom is 0.243 e. The van der Waals surface area contributed by atoms with Gasteiger partial charge in [0.1, 0.15) is 0 Å². The molecule has 1 fully saturated rings. The first-order valence-corrected chi connectivity index (χ1v) is 8.67. The summed E-state index contributed by atoms with van der Waals surface area (Å²) in [5.41, 5.74) is 1.56. The van der Waals surface area contributed by atoms with Crippen LogP contribution in [-0.2, 0) is 16.6 Å². The van der Waals surface area contributed by atoms with Gasteiger partial charge in [0.25, 0.3) is 0 Å². The number of likely N-dealkylation sites (N-methyl/N-ethyl adjacent to an activating group) is 2. The van der Waals surface area contributed by atoms with E-state index >= 15 is 0 Å². The van der Waals surface area contributed by atoms with Crippen molar-refractivity contribution in [2.45, 2.75) is 37.3 Å². The Bertz CT molecular complexity index is 601. The van der Waals surface area contributed by atoms with Crippen LogP contribution in [0.25, 0.3) is 0 Å². The number of nitrogens with zero attached hydrogens (tertiary/aromatic N) is 2. The molecule has 118 valence electrons. The molecule has 2 rings (SSSR count). The van der Waals surface area contributed by atoms with Crippen LogP contribution in [0.4, 0.5) is 0 Å². The van der Waals surface area contributed by atoms with E-state index in [-0.39, 0.29) is 17.5 Å². The minimum Gasteiger partial charge on any atom is -0.392 e. The number of aliphatic hydroxyl groups is 1. The molecule has 1 aliphatic heterocycles. The summed E-state index contributed by atoms with van der Waals surface area (Å²) in [6.07, 6.45) is 1.90. The van der Waals surface area contributed by atoms with E-state index in [0.717, 1.165) is 31.5 Å². The average molecular weight is 312 g/mol. The van der Waals surface area contributed by atoms with Gasteiger partial charge in [-0.2, -0.15) is 4.31 Å². The van der Waals surface area contributed by atoms with Crippen LogP contribution in [0.2, 0.25) is 0 Å². The van der Waals surface area contributed by atoms with Crippen molar-refractivity contribution in [2.75, 3.05) is 27.2 Å². The third kappa shape index (κ3) is 3.45. The Labute approximate surface area is 127 Å². The third-order valence-corrected chi connectivity index (χ3v) is 6.19. The third-order valence-electron chi connectivity index (χ3n) is 4.28. The van der Waals surface area contributed by atoms with Crippen LogP contribution >= 0.6 is 0 Å². The molecule has 1 unspecified atom stereocenters. The van der Waals surface area contributed by atoms with Crippen molar-refractivity contribution >= 4 is 10.0 Å². The van der Waals surface area contributed by atoms with E-state index in [0.29, 0.717) is 5.56 Å². The highest BCUT2D eigenvalue weighted by Crippen LogP contribution is 2.23. The van der Waals surface area contributed by atoms with Gasteiger partial charge in [-0.1, -0.05) is 6.07 Å². The van der Waals surface area contributed by atoms with Gasteiger partial charge in [-0.05, 0) is 56.6 Å². The molecule has 0 bridgehead atoms. The minimum absolute atomic E-state index is 0.00706. The summed E-state index contributed by atoms with van der Waals surface area (Å²) in [4.78, 5) is 2.42. The predicted molar refractivity (Wildman–Crippen MR) is 82.6 cm³/mol. The Kier molecular flexibility index (Phi) is 5.03. The molecule has 6 heteroatoms. The van der Waals surface area contributed by atoms with Crippen molar-refractivity contribution in [3.63, 3.8) is 0 Å². The first kappa shape index (κ1) is 16.4. The normalized spacial score (nSPS) is 20.9. The highest BCUT2D eigenvalue weighted by Gasteiger charge is 2.30. The van der Waals surface area contributed by atoms with Crippen molar-refractivity contribution in [2.24, 2.45) is 0 Å². The van der Waals surface area contributed by atoms with Crippen LogP contribution in [0.5, 0.6) is 0 Å². The molecule has 0 spiro atoms. The number of aryl methyl sites for hydroxylation is 1. The summed E-state index contributed by atoms with van der Waals surface area (Å²) < 4.78 is 27.0.